The van der Waals surface area contributed by atoms with Crippen LogP contribution in [-0.4, -0.2) is 19.1 Å². The summed E-state index contributed by atoms with van der Waals surface area (Å²) in [6, 6.07) is 17.7. The molecule has 0 heterocycles. The highest BCUT2D eigenvalue weighted by Crippen LogP contribution is 2.21. The van der Waals surface area contributed by atoms with Crippen LogP contribution in [0.5, 0.6) is 0 Å². The molecule has 2 aromatic rings. The Bertz CT molecular complexity index is 624. The van der Waals surface area contributed by atoms with Crippen molar-refractivity contribution in [3.63, 3.8) is 0 Å². The molecule has 2 amide bonds. The molecule has 0 unspecified atom stereocenters. The molecule has 0 aliphatic heterocycles. The van der Waals surface area contributed by atoms with Crippen LogP contribution in [0.3, 0.4) is 0 Å². The molecule has 0 radical (unpaired) electrons. The fourth-order valence-corrected chi connectivity index (χ4v) is 2.45. The molecule has 2 N–H and O–H groups in total. The Hall–Kier alpha value is -2.00. The van der Waals surface area contributed by atoms with Crippen molar-refractivity contribution >= 4 is 17.6 Å². The average molecular weight is 331 g/mol. The van der Waals surface area contributed by atoms with E-state index in [2.05, 4.69) is 36.6 Å². The van der Waals surface area contributed by atoms with Crippen LogP contribution >= 0.6 is 11.6 Å². The van der Waals surface area contributed by atoms with E-state index < -0.39 is 0 Å². The van der Waals surface area contributed by atoms with E-state index in [1.54, 1.807) is 0 Å². The van der Waals surface area contributed by atoms with Gasteiger partial charge in [-0.05, 0) is 29.7 Å². The highest BCUT2D eigenvalue weighted by molar-refractivity contribution is 6.30. The number of amides is 2. The summed E-state index contributed by atoms with van der Waals surface area (Å²) in [7, 11) is 0. The van der Waals surface area contributed by atoms with E-state index in [1.165, 1.54) is 5.56 Å². The lowest BCUT2D eigenvalue weighted by Gasteiger charge is -2.25. The molecule has 23 heavy (non-hydrogen) atoms. The molecule has 0 atom stereocenters. The number of halogens is 1. The van der Waals surface area contributed by atoms with E-state index in [1.807, 2.05) is 42.5 Å². The Kier molecular flexibility index (Phi) is 6.05. The maximum Gasteiger partial charge on any atom is 0.314 e. The lowest BCUT2D eigenvalue weighted by molar-refractivity contribution is 0.238. The molecule has 0 saturated carbocycles. The quantitative estimate of drug-likeness (QED) is 0.820. The van der Waals surface area contributed by atoms with Crippen LogP contribution in [-0.2, 0) is 11.8 Å². The summed E-state index contributed by atoms with van der Waals surface area (Å²) < 4.78 is 0. The van der Waals surface area contributed by atoms with E-state index >= 15 is 0 Å². The van der Waals surface area contributed by atoms with Crippen molar-refractivity contribution in [3.05, 3.63) is 70.7 Å². The summed E-state index contributed by atoms with van der Waals surface area (Å²) >= 11 is 5.85. The van der Waals surface area contributed by atoms with Gasteiger partial charge in [0.25, 0.3) is 0 Å². The third-order valence-corrected chi connectivity index (χ3v) is 4.11. The third kappa shape index (κ3) is 5.61. The number of hydrogen-bond acceptors (Lipinski definition) is 1. The molecule has 4 heteroatoms. The SMILES string of the molecule is CC(C)(CNC(=O)NCCc1ccc(Cl)cc1)c1ccccc1. The summed E-state index contributed by atoms with van der Waals surface area (Å²) in [5.41, 5.74) is 2.26. The van der Waals surface area contributed by atoms with Gasteiger partial charge in [0.15, 0.2) is 0 Å². The number of urea groups is 1. The first-order valence-electron chi connectivity index (χ1n) is 7.79. The minimum absolute atomic E-state index is 0.102. The second-order valence-electron chi connectivity index (χ2n) is 6.24. The van der Waals surface area contributed by atoms with Gasteiger partial charge in [-0.25, -0.2) is 4.79 Å². The van der Waals surface area contributed by atoms with E-state index in [-0.39, 0.29) is 11.4 Å². The number of carbonyl (C=O) groups is 1. The van der Waals surface area contributed by atoms with Gasteiger partial charge in [-0.15, -0.1) is 0 Å². The van der Waals surface area contributed by atoms with E-state index in [0.29, 0.717) is 13.1 Å². The summed E-state index contributed by atoms with van der Waals surface area (Å²) in [5, 5.41) is 6.56. The van der Waals surface area contributed by atoms with Crippen molar-refractivity contribution in [3.8, 4) is 0 Å². The van der Waals surface area contributed by atoms with Gasteiger partial charge in [0.05, 0.1) is 0 Å². The van der Waals surface area contributed by atoms with Gasteiger partial charge in [0.2, 0.25) is 0 Å². The molecule has 0 spiro atoms. The van der Waals surface area contributed by atoms with Crippen molar-refractivity contribution in [1.82, 2.24) is 10.6 Å². The predicted octanol–water partition coefficient (Wildman–Crippen LogP) is 4.16. The largest absolute Gasteiger partial charge is 0.338 e. The molecule has 0 aliphatic rings. The molecule has 3 nitrogen and oxygen atoms in total. The molecule has 2 aromatic carbocycles. The molecule has 0 bridgehead atoms. The van der Waals surface area contributed by atoms with Crippen molar-refractivity contribution in [2.45, 2.75) is 25.7 Å². The number of carbonyl (C=O) groups excluding carboxylic acids is 1. The van der Waals surface area contributed by atoms with Crippen LogP contribution < -0.4 is 10.6 Å². The topological polar surface area (TPSA) is 41.1 Å². The zero-order valence-corrected chi connectivity index (χ0v) is 14.4. The molecular formula is C19H23ClN2O. The smallest absolute Gasteiger partial charge is 0.314 e. The number of hydrogen-bond donors (Lipinski definition) is 2. The highest BCUT2D eigenvalue weighted by Gasteiger charge is 2.20. The first kappa shape index (κ1) is 17.4. The van der Waals surface area contributed by atoms with Gasteiger partial charge in [0, 0.05) is 23.5 Å². The van der Waals surface area contributed by atoms with E-state index in [4.69, 9.17) is 11.6 Å². The number of rotatable bonds is 6. The predicted molar refractivity (Wildman–Crippen MR) is 96.0 cm³/mol. The van der Waals surface area contributed by atoms with Crippen molar-refractivity contribution in [2.75, 3.05) is 13.1 Å². The van der Waals surface area contributed by atoms with Gasteiger partial charge in [-0.3, -0.25) is 0 Å². The number of nitrogens with one attached hydrogen (secondary N) is 2. The fraction of sp³-hybridized carbons (Fsp3) is 0.316. The van der Waals surface area contributed by atoms with Crippen LogP contribution in [0, 0.1) is 0 Å². The average Bonchev–Trinajstić information content (AvgIpc) is 2.56. The zero-order chi connectivity index (χ0) is 16.7. The van der Waals surface area contributed by atoms with Crippen molar-refractivity contribution in [1.29, 1.82) is 0 Å². The Morgan fingerprint density at radius 1 is 1.00 bits per heavy atom. The second-order valence-corrected chi connectivity index (χ2v) is 6.67. The Labute approximate surface area is 143 Å². The standard InChI is InChI=1S/C19H23ClN2O/c1-19(2,16-6-4-3-5-7-16)14-22-18(23)21-13-12-15-8-10-17(20)11-9-15/h3-11H,12-14H2,1-2H3,(H2,21,22,23). The van der Waals surface area contributed by atoms with Crippen molar-refractivity contribution in [2.24, 2.45) is 0 Å². The summed E-state index contributed by atoms with van der Waals surface area (Å²) in [6.45, 7) is 5.43. The Balaban J connectivity index is 1.73. The van der Waals surface area contributed by atoms with Gasteiger partial charge >= 0.3 is 6.03 Å². The minimum atomic E-state index is -0.136. The fourth-order valence-electron chi connectivity index (χ4n) is 2.33. The maximum atomic E-state index is 11.9. The molecule has 0 fully saturated rings. The summed E-state index contributed by atoms with van der Waals surface area (Å²) in [4.78, 5) is 11.9. The normalized spacial score (nSPS) is 11.1. The lowest BCUT2D eigenvalue weighted by atomic mass is 9.85. The van der Waals surface area contributed by atoms with Crippen LogP contribution in [0.2, 0.25) is 5.02 Å². The number of benzene rings is 2. The van der Waals surface area contributed by atoms with Crippen molar-refractivity contribution < 1.29 is 4.79 Å². The molecule has 0 saturated heterocycles. The van der Waals surface area contributed by atoms with E-state index in [9.17, 15) is 4.79 Å². The third-order valence-electron chi connectivity index (χ3n) is 3.86. The molecule has 0 aliphatic carbocycles. The maximum absolute atomic E-state index is 11.9. The first-order valence-corrected chi connectivity index (χ1v) is 8.17. The molecule has 122 valence electrons. The van der Waals surface area contributed by atoms with E-state index in [0.717, 1.165) is 17.0 Å². The van der Waals surface area contributed by atoms with Gasteiger partial charge in [-0.2, -0.15) is 0 Å². The first-order chi connectivity index (χ1) is 11.0. The zero-order valence-electron chi connectivity index (χ0n) is 13.6. The highest BCUT2D eigenvalue weighted by atomic mass is 35.5. The Morgan fingerprint density at radius 3 is 2.30 bits per heavy atom. The van der Waals surface area contributed by atoms with Crippen LogP contribution in [0.1, 0.15) is 25.0 Å². The van der Waals surface area contributed by atoms with Crippen LogP contribution in [0.25, 0.3) is 0 Å². The minimum Gasteiger partial charge on any atom is -0.338 e. The van der Waals surface area contributed by atoms with Gasteiger partial charge in [0.1, 0.15) is 0 Å². The molecule has 0 aromatic heterocycles. The second kappa shape index (κ2) is 8.02. The van der Waals surface area contributed by atoms with Crippen LogP contribution in [0.4, 0.5) is 4.79 Å². The summed E-state index contributed by atoms with van der Waals surface area (Å²) in [6.07, 6.45) is 0.784. The summed E-state index contributed by atoms with van der Waals surface area (Å²) in [5.74, 6) is 0. The van der Waals surface area contributed by atoms with Crippen LogP contribution in [0.15, 0.2) is 54.6 Å². The van der Waals surface area contributed by atoms with Gasteiger partial charge < -0.3 is 10.6 Å². The Morgan fingerprint density at radius 2 is 1.65 bits per heavy atom. The molecule has 2 rings (SSSR count). The lowest BCUT2D eigenvalue weighted by Crippen LogP contribution is -2.42. The molecular weight excluding hydrogens is 308 g/mol. The monoisotopic (exact) mass is 330 g/mol. The van der Waals surface area contributed by atoms with Gasteiger partial charge in [-0.1, -0.05) is 67.9 Å².